The van der Waals surface area contributed by atoms with E-state index >= 15 is 0 Å². The molecule has 0 saturated carbocycles. The first-order valence-electron chi connectivity index (χ1n) is 11.2. The first-order valence-corrected chi connectivity index (χ1v) is 12.8. The van der Waals surface area contributed by atoms with Gasteiger partial charge in [-0.3, -0.25) is 0 Å². The van der Waals surface area contributed by atoms with Gasteiger partial charge < -0.3 is 4.90 Å². The molecular weight excluding hydrogens is 499 g/mol. The van der Waals surface area contributed by atoms with Gasteiger partial charge in [0.15, 0.2) is 17.5 Å². The lowest BCUT2D eigenvalue weighted by molar-refractivity contribution is 0.447. The highest BCUT2D eigenvalue weighted by Crippen LogP contribution is 2.41. The van der Waals surface area contributed by atoms with Gasteiger partial charge in [0, 0.05) is 11.4 Å². The van der Waals surface area contributed by atoms with Crippen LogP contribution in [0, 0.1) is 17.5 Å². The molecule has 0 spiro atoms. The van der Waals surface area contributed by atoms with E-state index in [1.165, 1.54) is 6.07 Å². The van der Waals surface area contributed by atoms with E-state index < -0.39 is 17.5 Å². The Morgan fingerprint density at radius 2 is 1.22 bits per heavy atom. The highest BCUT2D eigenvalue weighted by atomic mass is 32.1. The fourth-order valence-corrected chi connectivity index (χ4v) is 6.54. The number of nitrogens with zero attached hydrogens (tertiary/aromatic N) is 3. The van der Waals surface area contributed by atoms with Crippen LogP contribution in [-0.4, -0.2) is 9.97 Å². The summed E-state index contributed by atoms with van der Waals surface area (Å²) in [6, 6.07) is 18.1. The topological polar surface area (TPSA) is 29.0 Å². The third kappa shape index (κ3) is 3.73. The number of fused-ring (bicyclic) bond motifs is 2. The van der Waals surface area contributed by atoms with Gasteiger partial charge in [0.1, 0.15) is 10.0 Å². The van der Waals surface area contributed by atoms with Gasteiger partial charge in [-0.1, -0.05) is 24.3 Å². The van der Waals surface area contributed by atoms with Crippen LogP contribution < -0.4 is 4.90 Å². The summed E-state index contributed by atoms with van der Waals surface area (Å²) < 4.78 is 44.4. The molecule has 6 rings (SSSR count). The predicted octanol–water partition coefficient (Wildman–Crippen LogP) is 8.45. The molecule has 1 aliphatic rings. The molecule has 0 bridgehead atoms. The van der Waals surface area contributed by atoms with Gasteiger partial charge >= 0.3 is 0 Å². The fourth-order valence-electron chi connectivity index (χ4n) is 4.41. The van der Waals surface area contributed by atoms with Crippen LogP contribution >= 0.6 is 22.7 Å². The second-order valence-corrected chi connectivity index (χ2v) is 10.5. The second-order valence-electron chi connectivity index (χ2n) is 8.41. The van der Waals surface area contributed by atoms with Crippen molar-refractivity contribution >= 4 is 54.4 Å². The number of halogens is 3. The number of hydrogen-bond donors (Lipinski definition) is 0. The molecule has 5 aromatic rings. The van der Waals surface area contributed by atoms with Crippen molar-refractivity contribution in [3.8, 4) is 0 Å². The molecule has 0 aliphatic carbocycles. The van der Waals surface area contributed by atoms with Crippen LogP contribution in [0.2, 0.25) is 0 Å². The van der Waals surface area contributed by atoms with Crippen molar-refractivity contribution in [2.24, 2.45) is 0 Å². The molecule has 0 fully saturated rings. The van der Waals surface area contributed by atoms with Crippen LogP contribution in [0.25, 0.3) is 26.0 Å². The number of allylic oxidation sites excluding steroid dienone is 5. The van der Waals surface area contributed by atoms with Crippen LogP contribution in [0.3, 0.4) is 0 Å². The van der Waals surface area contributed by atoms with Crippen LogP contribution in [0.1, 0.15) is 23.9 Å². The zero-order chi connectivity index (χ0) is 25.0. The lowest BCUT2D eigenvalue weighted by atomic mass is 10.0. The molecule has 0 saturated heterocycles. The normalized spacial score (nSPS) is 13.9. The van der Waals surface area contributed by atoms with Gasteiger partial charge in [-0.25, -0.2) is 23.1 Å². The lowest BCUT2D eigenvalue weighted by Gasteiger charge is -2.30. The molecule has 0 radical (unpaired) electrons. The van der Waals surface area contributed by atoms with E-state index in [0.29, 0.717) is 11.4 Å². The number of anilines is 1. The van der Waals surface area contributed by atoms with E-state index in [-0.39, 0.29) is 5.69 Å². The molecule has 0 N–H and O–H groups in total. The minimum absolute atomic E-state index is 0.0445. The summed E-state index contributed by atoms with van der Waals surface area (Å²) in [4.78, 5) is 11.4. The number of hydrogen-bond acceptors (Lipinski definition) is 5. The minimum Gasteiger partial charge on any atom is -0.316 e. The largest absolute Gasteiger partial charge is 0.316 e. The summed E-state index contributed by atoms with van der Waals surface area (Å²) in [5, 5.41) is 1.65. The van der Waals surface area contributed by atoms with E-state index in [2.05, 4.69) is 0 Å². The molecule has 36 heavy (non-hydrogen) atoms. The third-order valence-corrected chi connectivity index (χ3v) is 8.10. The SMILES string of the molecule is CC1=CC(=C(c2nc3ccccc3s2)c2nc3ccccc3s2)C=C(C)N1c1ccc(F)c(F)c1F. The quantitative estimate of drug-likeness (QED) is 0.225. The lowest BCUT2D eigenvalue weighted by Crippen LogP contribution is -2.23. The molecule has 2 aromatic heterocycles. The molecule has 3 heterocycles. The Hall–Kier alpha value is -3.75. The maximum atomic E-state index is 14.7. The standard InChI is InChI=1S/C28H18F3N3S2/c1-15-13-17(14-16(2)34(15)21-12-11-18(29)25(30)26(21)31)24(27-32-19-7-3-5-9-22(19)35-27)28-33-20-8-4-6-10-23(20)36-28/h3-14H,1-2H3. The van der Waals surface area contributed by atoms with Crippen molar-refractivity contribution in [1.82, 2.24) is 9.97 Å². The summed E-state index contributed by atoms with van der Waals surface area (Å²) in [6.45, 7) is 3.62. The molecule has 3 aromatic carbocycles. The van der Waals surface area contributed by atoms with E-state index in [1.807, 2.05) is 74.5 Å². The van der Waals surface area contributed by atoms with Gasteiger partial charge in [-0.15, -0.1) is 22.7 Å². The Morgan fingerprint density at radius 1 is 0.694 bits per heavy atom. The van der Waals surface area contributed by atoms with Gasteiger partial charge in [0.2, 0.25) is 0 Å². The average molecular weight is 518 g/mol. The fraction of sp³-hybridized carbons (Fsp3) is 0.0714. The molecule has 3 nitrogen and oxygen atoms in total. The van der Waals surface area contributed by atoms with E-state index in [9.17, 15) is 13.2 Å². The summed E-state index contributed by atoms with van der Waals surface area (Å²) in [7, 11) is 0. The van der Waals surface area contributed by atoms with E-state index in [0.717, 1.165) is 47.7 Å². The number of para-hydroxylation sites is 2. The minimum atomic E-state index is -1.49. The van der Waals surface area contributed by atoms with Crippen molar-refractivity contribution in [2.45, 2.75) is 13.8 Å². The van der Waals surface area contributed by atoms with Gasteiger partial charge in [0.25, 0.3) is 0 Å². The van der Waals surface area contributed by atoms with Crippen molar-refractivity contribution in [1.29, 1.82) is 0 Å². The first kappa shape index (κ1) is 22.7. The number of rotatable bonds is 3. The molecule has 0 amide bonds. The molecule has 0 unspecified atom stereocenters. The van der Waals surface area contributed by atoms with E-state index in [1.54, 1.807) is 27.6 Å². The Kier molecular flexibility index (Phi) is 5.50. The molecule has 1 aliphatic heterocycles. The number of aromatic nitrogens is 2. The zero-order valence-corrected chi connectivity index (χ0v) is 20.9. The maximum absolute atomic E-state index is 14.7. The highest BCUT2D eigenvalue weighted by Gasteiger charge is 2.26. The smallest absolute Gasteiger partial charge is 0.196 e. The average Bonchev–Trinajstić information content (AvgIpc) is 3.47. The third-order valence-electron chi connectivity index (χ3n) is 5.99. The Morgan fingerprint density at radius 3 is 1.75 bits per heavy atom. The molecule has 178 valence electrons. The van der Waals surface area contributed by atoms with Crippen LogP contribution in [0.5, 0.6) is 0 Å². The van der Waals surface area contributed by atoms with Gasteiger partial charge in [-0.05, 0) is 68.0 Å². The predicted molar refractivity (Wildman–Crippen MR) is 142 cm³/mol. The monoisotopic (exact) mass is 517 g/mol. The second kappa shape index (κ2) is 8.72. The number of thiazole rings is 2. The summed E-state index contributed by atoms with van der Waals surface area (Å²) in [6.07, 6.45) is 3.81. The number of benzene rings is 3. The summed E-state index contributed by atoms with van der Waals surface area (Å²) in [5.74, 6) is -3.93. The van der Waals surface area contributed by atoms with E-state index in [4.69, 9.17) is 9.97 Å². The Balaban J connectivity index is 1.56. The summed E-state index contributed by atoms with van der Waals surface area (Å²) >= 11 is 3.17. The molecule has 8 heteroatoms. The molecule has 0 atom stereocenters. The zero-order valence-electron chi connectivity index (χ0n) is 19.2. The van der Waals surface area contributed by atoms with Crippen LogP contribution in [-0.2, 0) is 0 Å². The van der Waals surface area contributed by atoms with Crippen LogP contribution in [0.4, 0.5) is 18.9 Å². The highest BCUT2D eigenvalue weighted by molar-refractivity contribution is 7.22. The van der Waals surface area contributed by atoms with Crippen molar-refractivity contribution in [2.75, 3.05) is 4.90 Å². The molecular formula is C28H18F3N3S2. The van der Waals surface area contributed by atoms with Crippen LogP contribution in [0.15, 0.2) is 89.8 Å². The van der Waals surface area contributed by atoms with Crippen molar-refractivity contribution in [3.63, 3.8) is 0 Å². The Bertz CT molecular complexity index is 1600. The van der Waals surface area contributed by atoms with Crippen molar-refractivity contribution < 1.29 is 13.2 Å². The van der Waals surface area contributed by atoms with Gasteiger partial charge in [0.05, 0.1) is 31.7 Å². The van der Waals surface area contributed by atoms with Gasteiger partial charge in [-0.2, -0.15) is 0 Å². The van der Waals surface area contributed by atoms with Crippen molar-refractivity contribution in [3.05, 3.63) is 117 Å². The maximum Gasteiger partial charge on any atom is 0.196 e. The summed E-state index contributed by atoms with van der Waals surface area (Å²) in [5.41, 5.74) is 4.82. The Labute approximate surface area is 213 Å². The first-order chi connectivity index (χ1) is 17.4.